The number of methoxy groups -OCH3 is 1. The molecule has 1 saturated heterocycles. The topological polar surface area (TPSA) is 61.8 Å². The van der Waals surface area contributed by atoms with Crippen molar-refractivity contribution in [3.8, 4) is 5.75 Å². The summed E-state index contributed by atoms with van der Waals surface area (Å²) in [6.07, 6.45) is 5.85. The first kappa shape index (κ1) is 22.6. The minimum atomic E-state index is 0.338. The van der Waals surface area contributed by atoms with Crippen LogP contribution in [0, 0.1) is 6.92 Å². The second-order valence-corrected chi connectivity index (χ2v) is 8.69. The summed E-state index contributed by atoms with van der Waals surface area (Å²) in [5.41, 5.74) is 2.45. The van der Waals surface area contributed by atoms with Gasteiger partial charge in [0.1, 0.15) is 5.75 Å². The maximum absolute atomic E-state index is 5.32. The minimum absolute atomic E-state index is 0.338. The Kier molecular flexibility index (Phi) is 8.96. The van der Waals surface area contributed by atoms with E-state index >= 15 is 0 Å². The first-order chi connectivity index (χ1) is 14.7. The summed E-state index contributed by atoms with van der Waals surface area (Å²) in [5, 5.41) is 10.4. The number of guanidine groups is 1. The maximum Gasteiger partial charge on any atom is 0.191 e. The molecule has 0 spiro atoms. The van der Waals surface area contributed by atoms with Crippen molar-refractivity contribution in [2.75, 3.05) is 40.3 Å². The van der Waals surface area contributed by atoms with Gasteiger partial charge in [0, 0.05) is 31.2 Å². The van der Waals surface area contributed by atoms with Crippen LogP contribution in [0.25, 0.3) is 0 Å². The molecule has 2 N–H and O–H groups in total. The molecule has 7 heteroatoms. The molecule has 0 saturated carbocycles. The molecule has 2 heterocycles. The largest absolute Gasteiger partial charge is 0.497 e. The van der Waals surface area contributed by atoms with Crippen molar-refractivity contribution < 1.29 is 4.74 Å². The number of nitrogens with zero attached hydrogens (tertiary/aromatic N) is 3. The fourth-order valence-electron chi connectivity index (χ4n) is 3.88. The third-order valence-corrected chi connectivity index (χ3v) is 6.57. The molecule has 164 valence electrons. The third kappa shape index (κ3) is 6.71. The summed E-state index contributed by atoms with van der Waals surface area (Å²) in [6, 6.07) is 8.80. The highest BCUT2D eigenvalue weighted by Crippen LogP contribution is 2.26. The van der Waals surface area contributed by atoms with Crippen molar-refractivity contribution >= 4 is 17.3 Å². The predicted molar refractivity (Wildman–Crippen MR) is 126 cm³/mol. The Bertz CT molecular complexity index is 783. The number of aliphatic imine (C=N–C) groups is 1. The lowest BCUT2D eigenvalue weighted by molar-refractivity contribution is 0.245. The van der Waals surface area contributed by atoms with E-state index in [9.17, 15) is 0 Å². The van der Waals surface area contributed by atoms with Gasteiger partial charge in [-0.1, -0.05) is 12.1 Å². The van der Waals surface area contributed by atoms with Crippen molar-refractivity contribution in [3.05, 3.63) is 45.9 Å². The van der Waals surface area contributed by atoms with Crippen molar-refractivity contribution in [3.63, 3.8) is 0 Å². The van der Waals surface area contributed by atoms with Crippen molar-refractivity contribution in [1.82, 2.24) is 20.5 Å². The number of unbranched alkanes of at least 4 members (excludes halogenated alkanes) is 1. The van der Waals surface area contributed by atoms with E-state index in [4.69, 9.17) is 4.74 Å². The average Bonchev–Trinajstić information content (AvgIpc) is 3.44. The molecule has 1 atom stereocenters. The first-order valence-electron chi connectivity index (χ1n) is 10.9. The van der Waals surface area contributed by atoms with Crippen molar-refractivity contribution in [2.24, 2.45) is 4.99 Å². The summed E-state index contributed by atoms with van der Waals surface area (Å²) < 4.78 is 5.32. The predicted octanol–water partition coefficient (Wildman–Crippen LogP) is 3.78. The number of aryl methyl sites for hydroxylation is 2. The first-order valence-corrected chi connectivity index (χ1v) is 11.8. The van der Waals surface area contributed by atoms with Crippen LogP contribution >= 0.6 is 11.3 Å². The SMILES string of the molecule is CN=C(NCCCCc1nc(C)cs1)NCC(c1ccc(OC)cc1)N1CCCC1. The van der Waals surface area contributed by atoms with Crippen LogP contribution in [-0.2, 0) is 6.42 Å². The molecule has 30 heavy (non-hydrogen) atoms. The molecular formula is C23H35N5OS. The number of likely N-dealkylation sites (tertiary alicyclic amines) is 1. The van der Waals surface area contributed by atoms with Gasteiger partial charge in [0.25, 0.3) is 0 Å². The Morgan fingerprint density at radius 2 is 1.97 bits per heavy atom. The zero-order valence-electron chi connectivity index (χ0n) is 18.5. The van der Waals surface area contributed by atoms with E-state index in [0.717, 1.165) is 62.8 Å². The van der Waals surface area contributed by atoms with Crippen LogP contribution in [0.3, 0.4) is 0 Å². The Balaban J connectivity index is 1.46. The van der Waals surface area contributed by atoms with Gasteiger partial charge in [-0.25, -0.2) is 4.98 Å². The highest BCUT2D eigenvalue weighted by Gasteiger charge is 2.23. The Morgan fingerprint density at radius 3 is 2.60 bits per heavy atom. The van der Waals surface area contributed by atoms with E-state index in [0.29, 0.717) is 6.04 Å². The van der Waals surface area contributed by atoms with Crippen LogP contribution in [-0.4, -0.2) is 56.2 Å². The van der Waals surface area contributed by atoms with E-state index in [1.54, 1.807) is 18.4 Å². The average molecular weight is 430 g/mol. The molecule has 0 amide bonds. The third-order valence-electron chi connectivity index (χ3n) is 5.54. The molecule has 1 unspecified atom stereocenters. The van der Waals surface area contributed by atoms with E-state index in [1.807, 2.05) is 7.05 Å². The molecule has 6 nitrogen and oxygen atoms in total. The van der Waals surface area contributed by atoms with Crippen LogP contribution in [0.15, 0.2) is 34.6 Å². The molecule has 3 rings (SSSR count). The molecule has 0 aliphatic carbocycles. The van der Waals surface area contributed by atoms with Gasteiger partial charge in [0.2, 0.25) is 0 Å². The van der Waals surface area contributed by atoms with Gasteiger partial charge in [-0.15, -0.1) is 11.3 Å². The fraction of sp³-hybridized carbons (Fsp3) is 0.565. The van der Waals surface area contributed by atoms with E-state index in [2.05, 4.69) is 62.1 Å². The Labute approximate surface area is 184 Å². The number of aromatic nitrogens is 1. The van der Waals surface area contributed by atoms with Gasteiger partial charge in [-0.05, 0) is 69.8 Å². The second-order valence-electron chi connectivity index (χ2n) is 7.75. The second kappa shape index (κ2) is 11.9. The van der Waals surface area contributed by atoms with E-state index in [-0.39, 0.29) is 0 Å². The molecule has 1 aliphatic heterocycles. The quantitative estimate of drug-likeness (QED) is 0.342. The zero-order valence-corrected chi connectivity index (χ0v) is 19.3. The fourth-order valence-corrected chi connectivity index (χ4v) is 4.69. The molecule has 1 aliphatic rings. The molecular weight excluding hydrogens is 394 g/mol. The zero-order chi connectivity index (χ0) is 21.2. The number of thiazole rings is 1. The van der Waals surface area contributed by atoms with Gasteiger partial charge < -0.3 is 15.4 Å². The molecule has 0 radical (unpaired) electrons. The lowest BCUT2D eigenvalue weighted by Gasteiger charge is -2.29. The maximum atomic E-state index is 5.32. The smallest absolute Gasteiger partial charge is 0.191 e. The summed E-state index contributed by atoms with van der Waals surface area (Å²) >= 11 is 1.76. The lowest BCUT2D eigenvalue weighted by atomic mass is 10.1. The lowest BCUT2D eigenvalue weighted by Crippen LogP contribution is -2.43. The van der Waals surface area contributed by atoms with Crippen molar-refractivity contribution in [1.29, 1.82) is 0 Å². The molecule has 0 bridgehead atoms. The highest BCUT2D eigenvalue weighted by molar-refractivity contribution is 7.09. The molecule has 1 fully saturated rings. The van der Waals surface area contributed by atoms with Crippen molar-refractivity contribution in [2.45, 2.75) is 45.1 Å². The standard InChI is InChI=1S/C23H35N5OS/c1-18-17-30-22(27-18)8-4-5-13-25-23(24-2)26-16-21(28-14-6-7-15-28)19-9-11-20(29-3)12-10-19/h9-12,17,21H,4-8,13-16H2,1-3H3,(H2,24,25,26). The minimum Gasteiger partial charge on any atom is -0.497 e. The number of rotatable bonds is 10. The van der Waals surface area contributed by atoms with Gasteiger partial charge in [-0.3, -0.25) is 9.89 Å². The molecule has 2 aromatic rings. The van der Waals surface area contributed by atoms with Gasteiger partial charge in [-0.2, -0.15) is 0 Å². The van der Waals surface area contributed by atoms with Gasteiger partial charge >= 0.3 is 0 Å². The number of hydrogen-bond acceptors (Lipinski definition) is 5. The summed E-state index contributed by atoms with van der Waals surface area (Å²) in [7, 11) is 3.55. The number of hydrogen-bond donors (Lipinski definition) is 2. The van der Waals surface area contributed by atoms with Crippen LogP contribution in [0.5, 0.6) is 5.75 Å². The van der Waals surface area contributed by atoms with Crippen LogP contribution in [0.1, 0.15) is 48.0 Å². The van der Waals surface area contributed by atoms with Crippen LogP contribution < -0.4 is 15.4 Å². The van der Waals surface area contributed by atoms with E-state index in [1.165, 1.54) is 23.4 Å². The van der Waals surface area contributed by atoms with Gasteiger partial charge in [0.05, 0.1) is 18.2 Å². The summed E-state index contributed by atoms with van der Waals surface area (Å²) in [5.74, 6) is 1.77. The Morgan fingerprint density at radius 1 is 1.20 bits per heavy atom. The number of nitrogens with one attached hydrogen (secondary N) is 2. The van der Waals surface area contributed by atoms with Crippen LogP contribution in [0.2, 0.25) is 0 Å². The normalized spacial score (nSPS) is 15.9. The van der Waals surface area contributed by atoms with Gasteiger partial charge in [0.15, 0.2) is 5.96 Å². The van der Waals surface area contributed by atoms with Crippen LogP contribution in [0.4, 0.5) is 0 Å². The summed E-state index contributed by atoms with van der Waals surface area (Å²) in [6.45, 7) is 6.12. The monoisotopic (exact) mass is 429 g/mol. The number of benzene rings is 1. The molecule has 1 aromatic carbocycles. The molecule has 1 aromatic heterocycles. The Hall–Kier alpha value is -2.12. The highest BCUT2D eigenvalue weighted by atomic mass is 32.1. The summed E-state index contributed by atoms with van der Waals surface area (Å²) in [4.78, 5) is 11.5. The number of ether oxygens (including phenoxy) is 1. The van der Waals surface area contributed by atoms with E-state index < -0.39 is 0 Å².